The van der Waals surface area contributed by atoms with Crippen molar-refractivity contribution in [2.45, 2.75) is 39.3 Å². The summed E-state index contributed by atoms with van der Waals surface area (Å²) in [5, 5.41) is 3.14. The van der Waals surface area contributed by atoms with E-state index in [0.29, 0.717) is 24.7 Å². The van der Waals surface area contributed by atoms with Gasteiger partial charge in [0, 0.05) is 13.1 Å². The fourth-order valence-electron chi connectivity index (χ4n) is 2.12. The number of ether oxygens (including phenoxy) is 1. The Hall–Kier alpha value is -1.69. The van der Waals surface area contributed by atoms with Crippen molar-refractivity contribution >= 4 is 11.7 Å². The third kappa shape index (κ3) is 3.45. The van der Waals surface area contributed by atoms with Crippen LogP contribution in [0.2, 0.25) is 0 Å². The summed E-state index contributed by atoms with van der Waals surface area (Å²) >= 11 is 0. The maximum Gasteiger partial charge on any atom is 0.274 e. The zero-order valence-corrected chi connectivity index (χ0v) is 12.3. The van der Waals surface area contributed by atoms with Gasteiger partial charge in [-0.2, -0.15) is 0 Å². The van der Waals surface area contributed by atoms with E-state index in [2.05, 4.69) is 22.2 Å². The van der Waals surface area contributed by atoms with Crippen LogP contribution in [0.15, 0.2) is 12.4 Å². The van der Waals surface area contributed by atoms with Gasteiger partial charge in [-0.1, -0.05) is 6.92 Å². The van der Waals surface area contributed by atoms with Gasteiger partial charge < -0.3 is 15.0 Å². The number of nitrogens with zero attached hydrogens (tertiary/aromatic N) is 3. The van der Waals surface area contributed by atoms with Gasteiger partial charge in [-0.25, -0.2) is 9.97 Å². The van der Waals surface area contributed by atoms with E-state index in [9.17, 15) is 4.79 Å². The fourth-order valence-corrected chi connectivity index (χ4v) is 2.12. The Morgan fingerprint density at radius 1 is 1.45 bits per heavy atom. The molecule has 6 heteroatoms. The van der Waals surface area contributed by atoms with Gasteiger partial charge in [0.05, 0.1) is 31.1 Å². The molecule has 1 fully saturated rings. The third-order valence-electron chi connectivity index (χ3n) is 3.30. The smallest absolute Gasteiger partial charge is 0.274 e. The van der Waals surface area contributed by atoms with Crippen LogP contribution in [0, 0.1) is 0 Å². The van der Waals surface area contributed by atoms with Crippen LogP contribution in [0.4, 0.5) is 5.82 Å². The maximum absolute atomic E-state index is 12.4. The molecule has 1 N–H and O–H groups in total. The van der Waals surface area contributed by atoms with Crippen LogP contribution in [0.3, 0.4) is 0 Å². The second-order valence-corrected chi connectivity index (χ2v) is 5.16. The predicted molar refractivity (Wildman–Crippen MR) is 76.7 cm³/mol. The van der Waals surface area contributed by atoms with Gasteiger partial charge in [-0.05, 0) is 20.3 Å². The van der Waals surface area contributed by atoms with Gasteiger partial charge in [-0.3, -0.25) is 4.79 Å². The zero-order valence-electron chi connectivity index (χ0n) is 12.3. The highest BCUT2D eigenvalue weighted by Crippen LogP contribution is 2.14. The van der Waals surface area contributed by atoms with Crippen LogP contribution >= 0.6 is 0 Å². The first kappa shape index (κ1) is 14.7. The van der Waals surface area contributed by atoms with E-state index in [4.69, 9.17) is 4.74 Å². The molecule has 0 bridgehead atoms. The van der Waals surface area contributed by atoms with Crippen molar-refractivity contribution in [3.05, 3.63) is 18.1 Å². The van der Waals surface area contributed by atoms with Gasteiger partial charge in [0.15, 0.2) is 0 Å². The Labute approximate surface area is 119 Å². The normalized spacial score (nSPS) is 22.6. The maximum atomic E-state index is 12.4. The topological polar surface area (TPSA) is 67.4 Å². The Kier molecular flexibility index (Phi) is 4.89. The number of amides is 1. The summed E-state index contributed by atoms with van der Waals surface area (Å²) < 4.78 is 5.53. The minimum Gasteiger partial charge on any atom is -0.375 e. The molecule has 1 aromatic rings. The summed E-state index contributed by atoms with van der Waals surface area (Å²) in [6.07, 6.45) is 4.23. The molecule has 1 amide bonds. The van der Waals surface area contributed by atoms with Crippen LogP contribution in [-0.4, -0.2) is 52.6 Å². The lowest BCUT2D eigenvalue weighted by molar-refractivity contribution is -0.0389. The summed E-state index contributed by atoms with van der Waals surface area (Å²) in [4.78, 5) is 22.7. The monoisotopic (exact) mass is 278 g/mol. The second kappa shape index (κ2) is 6.65. The van der Waals surface area contributed by atoms with E-state index in [1.165, 1.54) is 6.20 Å². The first-order chi connectivity index (χ1) is 9.61. The molecule has 0 radical (unpaired) electrons. The largest absolute Gasteiger partial charge is 0.375 e. The van der Waals surface area contributed by atoms with E-state index in [-0.39, 0.29) is 18.1 Å². The lowest BCUT2D eigenvalue weighted by atomic mass is 10.2. The van der Waals surface area contributed by atoms with Crippen LogP contribution in [-0.2, 0) is 4.74 Å². The van der Waals surface area contributed by atoms with Crippen LogP contribution in [0.25, 0.3) is 0 Å². The first-order valence-corrected chi connectivity index (χ1v) is 7.10. The lowest BCUT2D eigenvalue weighted by Gasteiger charge is -2.36. The number of hydrogen-bond acceptors (Lipinski definition) is 5. The van der Waals surface area contributed by atoms with Crippen molar-refractivity contribution < 1.29 is 9.53 Å². The molecule has 1 saturated heterocycles. The van der Waals surface area contributed by atoms with E-state index >= 15 is 0 Å². The molecule has 0 saturated carbocycles. The molecular weight excluding hydrogens is 256 g/mol. The Balaban J connectivity index is 2.04. The van der Waals surface area contributed by atoms with Gasteiger partial charge in [0.2, 0.25) is 0 Å². The molecule has 0 spiro atoms. The molecule has 2 unspecified atom stereocenters. The summed E-state index contributed by atoms with van der Waals surface area (Å²) in [5.74, 6) is 0.619. The summed E-state index contributed by atoms with van der Waals surface area (Å²) in [6.45, 7) is 8.04. The Morgan fingerprint density at radius 2 is 2.25 bits per heavy atom. The number of nitrogens with one attached hydrogen (secondary N) is 1. The molecule has 1 aromatic heterocycles. The van der Waals surface area contributed by atoms with Gasteiger partial charge in [0.25, 0.3) is 5.91 Å². The molecule has 2 heterocycles. The standard InChI is InChI=1S/C14H22N4O2/c1-4-5-15-13-7-16-12(6-17-13)14(19)18-8-11(3)20-9-10(18)2/h6-7,10-11H,4-5,8-9H2,1-3H3,(H,15,17). The third-order valence-corrected chi connectivity index (χ3v) is 3.30. The SMILES string of the molecule is CCCNc1cnc(C(=O)N2CC(C)OCC2C)cn1. The lowest BCUT2D eigenvalue weighted by Crippen LogP contribution is -2.50. The summed E-state index contributed by atoms with van der Waals surface area (Å²) in [5.41, 5.74) is 0.382. The number of rotatable bonds is 4. The van der Waals surface area contributed by atoms with Crippen molar-refractivity contribution in [2.75, 3.05) is 25.0 Å². The first-order valence-electron chi connectivity index (χ1n) is 7.10. The molecule has 0 aromatic carbocycles. The van der Waals surface area contributed by atoms with Gasteiger partial charge in [0.1, 0.15) is 11.5 Å². The Morgan fingerprint density at radius 3 is 2.90 bits per heavy atom. The average molecular weight is 278 g/mol. The highest BCUT2D eigenvalue weighted by atomic mass is 16.5. The fraction of sp³-hybridized carbons (Fsp3) is 0.643. The van der Waals surface area contributed by atoms with Crippen LogP contribution in [0.5, 0.6) is 0 Å². The number of carbonyl (C=O) groups excluding carboxylic acids is 1. The van der Waals surface area contributed by atoms with E-state index in [1.807, 2.05) is 13.8 Å². The van der Waals surface area contributed by atoms with Crippen molar-refractivity contribution in [2.24, 2.45) is 0 Å². The molecule has 6 nitrogen and oxygen atoms in total. The van der Waals surface area contributed by atoms with Gasteiger partial charge >= 0.3 is 0 Å². The second-order valence-electron chi connectivity index (χ2n) is 5.16. The number of hydrogen-bond donors (Lipinski definition) is 1. The molecular formula is C14H22N4O2. The van der Waals surface area contributed by atoms with E-state index in [0.717, 1.165) is 13.0 Å². The van der Waals surface area contributed by atoms with E-state index < -0.39 is 0 Å². The van der Waals surface area contributed by atoms with Crippen LogP contribution in [0.1, 0.15) is 37.7 Å². The molecule has 20 heavy (non-hydrogen) atoms. The number of aromatic nitrogens is 2. The van der Waals surface area contributed by atoms with Gasteiger partial charge in [-0.15, -0.1) is 0 Å². The molecule has 2 atom stereocenters. The zero-order chi connectivity index (χ0) is 14.5. The summed E-state index contributed by atoms with van der Waals surface area (Å²) in [6, 6.07) is 0.0680. The average Bonchev–Trinajstić information content (AvgIpc) is 2.47. The minimum atomic E-state index is -0.0813. The molecule has 0 aliphatic carbocycles. The number of anilines is 1. The molecule has 1 aliphatic rings. The molecule has 1 aliphatic heterocycles. The number of morpholine rings is 1. The van der Waals surface area contributed by atoms with Crippen molar-refractivity contribution in [1.82, 2.24) is 14.9 Å². The summed E-state index contributed by atoms with van der Waals surface area (Å²) in [7, 11) is 0. The predicted octanol–water partition coefficient (Wildman–Crippen LogP) is 1.55. The molecule has 110 valence electrons. The van der Waals surface area contributed by atoms with E-state index in [1.54, 1.807) is 11.1 Å². The van der Waals surface area contributed by atoms with Crippen LogP contribution < -0.4 is 5.32 Å². The minimum absolute atomic E-state index is 0.0635. The quantitative estimate of drug-likeness (QED) is 0.905. The highest BCUT2D eigenvalue weighted by molar-refractivity contribution is 5.92. The number of carbonyl (C=O) groups is 1. The van der Waals surface area contributed by atoms with Crippen molar-refractivity contribution in [3.63, 3.8) is 0 Å². The highest BCUT2D eigenvalue weighted by Gasteiger charge is 2.28. The van der Waals surface area contributed by atoms with Crippen molar-refractivity contribution in [1.29, 1.82) is 0 Å². The Bertz CT molecular complexity index is 449. The van der Waals surface area contributed by atoms with Crippen molar-refractivity contribution in [3.8, 4) is 0 Å². The molecule has 2 rings (SSSR count).